The highest BCUT2D eigenvalue weighted by Crippen LogP contribution is 2.29. The molecule has 19 heavy (non-hydrogen) atoms. The number of aromatic nitrogens is 1. The molecule has 104 valence electrons. The predicted octanol–water partition coefficient (Wildman–Crippen LogP) is 1.15. The van der Waals surface area contributed by atoms with Crippen LogP contribution < -0.4 is 10.6 Å². The van der Waals surface area contributed by atoms with Crippen molar-refractivity contribution >= 4 is 22.4 Å². The average Bonchev–Trinajstić information content (AvgIpc) is 2.91. The van der Waals surface area contributed by atoms with Gasteiger partial charge in [0.05, 0.1) is 36.4 Å². The fraction of sp³-hybridized carbons (Fsp3) is 0.636. The van der Waals surface area contributed by atoms with Crippen LogP contribution in [0.4, 0.5) is 13.9 Å². The molecule has 3 heterocycles. The Morgan fingerprint density at radius 2 is 2.42 bits per heavy atom. The van der Waals surface area contributed by atoms with Crippen LogP contribution in [0.3, 0.4) is 0 Å². The van der Waals surface area contributed by atoms with Gasteiger partial charge in [-0.05, 0) is 0 Å². The molecule has 5 nitrogen and oxygen atoms in total. The van der Waals surface area contributed by atoms with Gasteiger partial charge in [0.15, 0.2) is 5.13 Å². The molecule has 0 bridgehead atoms. The van der Waals surface area contributed by atoms with E-state index in [0.29, 0.717) is 18.3 Å². The van der Waals surface area contributed by atoms with Gasteiger partial charge in [-0.15, -0.1) is 0 Å². The molecule has 1 unspecified atom stereocenters. The first-order chi connectivity index (χ1) is 9.03. The molecule has 1 aromatic heterocycles. The van der Waals surface area contributed by atoms with Crippen LogP contribution in [0.5, 0.6) is 0 Å². The summed E-state index contributed by atoms with van der Waals surface area (Å²) >= 11 is 1.34. The van der Waals surface area contributed by atoms with Gasteiger partial charge in [0.2, 0.25) is 5.91 Å². The number of anilines is 1. The second-order valence-corrected chi connectivity index (χ2v) is 5.76. The van der Waals surface area contributed by atoms with Crippen LogP contribution in [0.2, 0.25) is 0 Å². The molecule has 0 aliphatic carbocycles. The van der Waals surface area contributed by atoms with E-state index in [0.717, 1.165) is 17.0 Å². The number of ether oxygens (including phenoxy) is 1. The number of fused-ring (bicyclic) bond motifs is 1. The van der Waals surface area contributed by atoms with E-state index >= 15 is 0 Å². The summed E-state index contributed by atoms with van der Waals surface area (Å²) < 4.78 is 31.3. The molecule has 1 fully saturated rings. The van der Waals surface area contributed by atoms with Gasteiger partial charge >= 0.3 is 0 Å². The zero-order valence-electron chi connectivity index (χ0n) is 10.0. The lowest BCUT2D eigenvalue weighted by Crippen LogP contribution is -2.35. The summed E-state index contributed by atoms with van der Waals surface area (Å²) in [7, 11) is 0. The minimum Gasteiger partial charge on any atom is -0.375 e. The number of carbonyl (C=O) groups is 1. The number of thiazole rings is 1. The first-order valence-corrected chi connectivity index (χ1v) is 6.83. The largest absolute Gasteiger partial charge is 0.375 e. The fourth-order valence-electron chi connectivity index (χ4n) is 2.17. The Morgan fingerprint density at radius 3 is 3.11 bits per heavy atom. The SMILES string of the molecule is O=C(Nc1nc2c(s1)COCC2)C1CC(F)(F)CN1. The Hall–Kier alpha value is -1.12. The molecule has 0 saturated carbocycles. The van der Waals surface area contributed by atoms with Gasteiger partial charge in [0, 0.05) is 12.8 Å². The van der Waals surface area contributed by atoms with Crippen molar-refractivity contribution in [2.75, 3.05) is 18.5 Å². The van der Waals surface area contributed by atoms with Crippen LogP contribution in [0.25, 0.3) is 0 Å². The molecule has 2 N–H and O–H groups in total. The maximum absolute atomic E-state index is 13.0. The van der Waals surface area contributed by atoms with Crippen molar-refractivity contribution in [2.24, 2.45) is 0 Å². The number of hydrogen-bond donors (Lipinski definition) is 2. The number of nitrogens with one attached hydrogen (secondary N) is 2. The molecule has 8 heteroatoms. The van der Waals surface area contributed by atoms with E-state index in [1.54, 1.807) is 0 Å². The lowest BCUT2D eigenvalue weighted by Gasteiger charge is -2.09. The van der Waals surface area contributed by atoms with Crippen LogP contribution in [0.1, 0.15) is 17.0 Å². The molecule has 0 radical (unpaired) electrons. The minimum absolute atomic E-state index is 0.451. The highest BCUT2D eigenvalue weighted by atomic mass is 32.1. The highest BCUT2D eigenvalue weighted by Gasteiger charge is 2.42. The Kier molecular flexibility index (Phi) is 3.23. The maximum Gasteiger partial charge on any atom is 0.262 e. The molecule has 1 aromatic rings. The number of amides is 1. The van der Waals surface area contributed by atoms with Crippen molar-refractivity contribution in [3.63, 3.8) is 0 Å². The third-order valence-electron chi connectivity index (χ3n) is 3.15. The van der Waals surface area contributed by atoms with E-state index in [1.807, 2.05) is 0 Å². The van der Waals surface area contributed by atoms with Crippen LogP contribution in [-0.4, -0.2) is 36.0 Å². The molecular weight excluding hydrogens is 276 g/mol. The van der Waals surface area contributed by atoms with E-state index in [9.17, 15) is 13.6 Å². The van der Waals surface area contributed by atoms with Crippen molar-refractivity contribution in [1.82, 2.24) is 10.3 Å². The summed E-state index contributed by atoms with van der Waals surface area (Å²) in [6.45, 7) is 0.677. The molecule has 1 amide bonds. The van der Waals surface area contributed by atoms with Crippen molar-refractivity contribution in [1.29, 1.82) is 0 Å². The van der Waals surface area contributed by atoms with Crippen molar-refractivity contribution < 1.29 is 18.3 Å². The van der Waals surface area contributed by atoms with Crippen LogP contribution >= 0.6 is 11.3 Å². The number of carbonyl (C=O) groups excluding carboxylic acids is 1. The number of hydrogen-bond acceptors (Lipinski definition) is 5. The van der Waals surface area contributed by atoms with Gasteiger partial charge in [0.25, 0.3) is 5.92 Å². The lowest BCUT2D eigenvalue weighted by atomic mass is 10.2. The second kappa shape index (κ2) is 4.77. The molecule has 2 aliphatic heterocycles. The summed E-state index contributed by atoms with van der Waals surface area (Å²) in [5.74, 6) is -3.26. The predicted molar refractivity (Wildman–Crippen MR) is 65.5 cm³/mol. The zero-order chi connectivity index (χ0) is 13.5. The van der Waals surface area contributed by atoms with Crippen LogP contribution in [0, 0.1) is 0 Å². The minimum atomic E-state index is -2.81. The Balaban J connectivity index is 1.65. The maximum atomic E-state index is 13.0. The Bertz CT molecular complexity index is 483. The van der Waals surface area contributed by atoms with Crippen molar-refractivity contribution in [2.45, 2.75) is 31.4 Å². The molecule has 1 atom stereocenters. The van der Waals surface area contributed by atoms with Gasteiger partial charge in [0.1, 0.15) is 0 Å². The topological polar surface area (TPSA) is 63.2 Å². The molecule has 3 rings (SSSR count). The monoisotopic (exact) mass is 289 g/mol. The fourth-order valence-corrected chi connectivity index (χ4v) is 3.12. The number of nitrogens with zero attached hydrogens (tertiary/aromatic N) is 1. The first kappa shape index (κ1) is 12.9. The summed E-state index contributed by atoms with van der Waals surface area (Å²) in [5.41, 5.74) is 0.927. The summed E-state index contributed by atoms with van der Waals surface area (Å²) in [4.78, 5) is 17.1. The quantitative estimate of drug-likeness (QED) is 0.857. The third-order valence-corrected chi connectivity index (χ3v) is 4.14. The molecular formula is C11H13F2N3O2S. The van der Waals surface area contributed by atoms with E-state index in [-0.39, 0.29) is 0 Å². The van der Waals surface area contributed by atoms with E-state index < -0.39 is 30.8 Å². The summed E-state index contributed by atoms with van der Waals surface area (Å²) in [5, 5.41) is 5.57. The molecule has 2 aliphatic rings. The number of halogens is 2. The highest BCUT2D eigenvalue weighted by molar-refractivity contribution is 7.15. The first-order valence-electron chi connectivity index (χ1n) is 6.02. The zero-order valence-corrected chi connectivity index (χ0v) is 10.9. The van der Waals surface area contributed by atoms with Gasteiger partial charge in [-0.1, -0.05) is 11.3 Å². The second-order valence-electron chi connectivity index (χ2n) is 4.67. The van der Waals surface area contributed by atoms with Crippen molar-refractivity contribution in [3.05, 3.63) is 10.6 Å². The van der Waals surface area contributed by atoms with Crippen LogP contribution in [-0.2, 0) is 22.6 Å². The molecule has 1 saturated heterocycles. The third kappa shape index (κ3) is 2.75. The normalized spacial score (nSPS) is 25.1. The number of rotatable bonds is 2. The van der Waals surface area contributed by atoms with Gasteiger partial charge < -0.3 is 10.1 Å². The van der Waals surface area contributed by atoms with E-state index in [2.05, 4.69) is 15.6 Å². The number of alkyl halides is 2. The summed E-state index contributed by atoms with van der Waals surface area (Å²) in [6, 6.07) is -0.854. The smallest absolute Gasteiger partial charge is 0.262 e. The van der Waals surface area contributed by atoms with E-state index in [1.165, 1.54) is 11.3 Å². The standard InChI is InChI=1S/C11H13F2N3O2S/c12-11(13)3-7(14-5-11)9(17)16-10-15-6-1-2-18-4-8(6)19-10/h7,14H,1-5H2,(H,15,16,17). The molecule has 0 spiro atoms. The van der Waals surface area contributed by atoms with Gasteiger partial charge in [-0.2, -0.15) is 0 Å². The van der Waals surface area contributed by atoms with E-state index in [4.69, 9.17) is 4.74 Å². The van der Waals surface area contributed by atoms with Gasteiger partial charge in [-0.25, -0.2) is 13.8 Å². The Labute approximate surface area is 112 Å². The van der Waals surface area contributed by atoms with Gasteiger partial charge in [-0.3, -0.25) is 10.1 Å². The lowest BCUT2D eigenvalue weighted by molar-refractivity contribution is -0.118. The average molecular weight is 289 g/mol. The Morgan fingerprint density at radius 1 is 1.58 bits per heavy atom. The van der Waals surface area contributed by atoms with Crippen LogP contribution in [0.15, 0.2) is 0 Å². The summed E-state index contributed by atoms with van der Waals surface area (Å²) in [6.07, 6.45) is 0.258. The van der Waals surface area contributed by atoms with Crippen molar-refractivity contribution in [3.8, 4) is 0 Å². The molecule has 0 aromatic carbocycles.